The minimum Gasteiger partial charge on any atom is -0.349 e. The van der Waals surface area contributed by atoms with E-state index in [1.54, 1.807) is 16.7 Å². The topological polar surface area (TPSA) is 90.5 Å². The number of nitrogens with one attached hydrogen (secondary N) is 1. The normalized spacial score (nSPS) is 12.1. The lowest BCUT2D eigenvalue weighted by atomic mass is 10.1. The number of aromatic nitrogens is 6. The van der Waals surface area contributed by atoms with Gasteiger partial charge in [-0.05, 0) is 42.3 Å². The molecule has 0 aliphatic heterocycles. The third kappa shape index (κ3) is 4.25. The molecule has 0 fully saturated rings. The van der Waals surface area contributed by atoms with E-state index in [0.29, 0.717) is 5.69 Å². The highest BCUT2D eigenvalue weighted by atomic mass is 35.5. The van der Waals surface area contributed by atoms with E-state index in [2.05, 4.69) is 25.8 Å². The summed E-state index contributed by atoms with van der Waals surface area (Å²) in [5.41, 5.74) is 4.61. The Morgan fingerprint density at radius 2 is 1.71 bits per heavy atom. The first-order chi connectivity index (χ1) is 16.5. The van der Waals surface area contributed by atoms with Crippen LogP contribution in [0.5, 0.6) is 0 Å². The summed E-state index contributed by atoms with van der Waals surface area (Å²) in [6, 6.07) is 18.8. The zero-order chi connectivity index (χ0) is 23.7. The molecule has 10 heteroatoms. The molecular formula is C24H19Cl2N7O. The lowest BCUT2D eigenvalue weighted by Gasteiger charge is -2.20. The third-order valence-corrected chi connectivity index (χ3v) is 6.13. The van der Waals surface area contributed by atoms with Crippen molar-refractivity contribution in [2.75, 3.05) is 6.54 Å². The molecule has 1 atom stereocenters. The van der Waals surface area contributed by atoms with Crippen molar-refractivity contribution in [2.45, 2.75) is 13.0 Å². The summed E-state index contributed by atoms with van der Waals surface area (Å²) in [6.07, 6.45) is 3.05. The number of carbonyl (C=O) groups is 1. The van der Waals surface area contributed by atoms with Gasteiger partial charge >= 0.3 is 0 Å². The molecule has 8 nitrogen and oxygen atoms in total. The van der Waals surface area contributed by atoms with Gasteiger partial charge in [0.05, 0.1) is 32.9 Å². The Morgan fingerprint density at radius 3 is 2.41 bits per heavy atom. The smallest absolute Gasteiger partial charge is 0.254 e. The van der Waals surface area contributed by atoms with E-state index >= 15 is 0 Å². The van der Waals surface area contributed by atoms with Gasteiger partial charge in [-0.1, -0.05) is 64.8 Å². The Hall–Kier alpha value is -3.75. The number of rotatable bonds is 6. The van der Waals surface area contributed by atoms with Gasteiger partial charge in [0.1, 0.15) is 18.2 Å². The standard InChI is InChI=1S/C24H19Cl2N7O/c1-15-7-8-21-20(9-15)30-31-33(21)22(16-5-3-2-4-6-16)12-27-24(34)23-18(25)10-17(11-19(23)26)32-13-28-29-14-32/h2-11,13-14,22H,12H2,1H3,(H,27,34)/t22-/m1/s1. The fraction of sp³-hybridized carbons (Fsp3) is 0.125. The van der Waals surface area contributed by atoms with Crippen molar-refractivity contribution in [2.24, 2.45) is 0 Å². The number of fused-ring (bicyclic) bond motifs is 1. The molecule has 34 heavy (non-hydrogen) atoms. The maximum Gasteiger partial charge on any atom is 0.254 e. The van der Waals surface area contributed by atoms with Crippen LogP contribution in [0.15, 0.2) is 73.3 Å². The number of hydrogen-bond donors (Lipinski definition) is 1. The summed E-state index contributed by atoms with van der Waals surface area (Å²) in [5, 5.41) is 19.7. The lowest BCUT2D eigenvalue weighted by Crippen LogP contribution is -2.32. The Morgan fingerprint density at radius 1 is 1.00 bits per heavy atom. The van der Waals surface area contributed by atoms with Gasteiger partial charge in [0, 0.05) is 6.54 Å². The first kappa shape index (κ1) is 22.1. The minimum atomic E-state index is -0.383. The van der Waals surface area contributed by atoms with Crippen LogP contribution in [0.3, 0.4) is 0 Å². The zero-order valence-corrected chi connectivity index (χ0v) is 19.6. The fourth-order valence-electron chi connectivity index (χ4n) is 3.84. The molecule has 0 unspecified atom stereocenters. The first-order valence-corrected chi connectivity index (χ1v) is 11.3. The highest BCUT2D eigenvalue weighted by molar-refractivity contribution is 6.40. The monoisotopic (exact) mass is 491 g/mol. The van der Waals surface area contributed by atoms with Crippen LogP contribution in [-0.2, 0) is 0 Å². The minimum absolute atomic E-state index is 0.200. The second-order valence-corrected chi connectivity index (χ2v) is 8.63. The SMILES string of the molecule is Cc1ccc2c(c1)nnn2[C@H](CNC(=O)c1c(Cl)cc(-n2cnnc2)cc1Cl)c1ccccc1. The maximum absolute atomic E-state index is 13.1. The molecule has 1 N–H and O–H groups in total. The van der Waals surface area contributed by atoms with Crippen molar-refractivity contribution in [3.8, 4) is 5.69 Å². The fourth-order valence-corrected chi connectivity index (χ4v) is 4.49. The Kier molecular flexibility index (Phi) is 6.00. The predicted octanol–water partition coefficient (Wildman–Crippen LogP) is 4.65. The number of amides is 1. The van der Waals surface area contributed by atoms with E-state index in [1.165, 1.54) is 12.7 Å². The average molecular weight is 492 g/mol. The van der Waals surface area contributed by atoms with Gasteiger partial charge in [0.25, 0.3) is 5.91 Å². The van der Waals surface area contributed by atoms with Crippen LogP contribution in [0, 0.1) is 6.92 Å². The Balaban J connectivity index is 1.44. The molecule has 0 radical (unpaired) electrons. The molecule has 0 saturated heterocycles. The zero-order valence-electron chi connectivity index (χ0n) is 18.1. The molecular weight excluding hydrogens is 473 g/mol. The quantitative estimate of drug-likeness (QED) is 0.373. The highest BCUT2D eigenvalue weighted by Crippen LogP contribution is 2.29. The van der Waals surface area contributed by atoms with Crippen molar-refractivity contribution in [3.05, 3.63) is 100 Å². The highest BCUT2D eigenvalue weighted by Gasteiger charge is 2.22. The Labute approximate surface area is 205 Å². The number of aryl methyl sites for hydroxylation is 1. The van der Waals surface area contributed by atoms with Crippen LogP contribution in [0.4, 0.5) is 0 Å². The second kappa shape index (κ2) is 9.24. The molecule has 170 valence electrons. The van der Waals surface area contributed by atoms with Crippen LogP contribution in [-0.4, -0.2) is 42.2 Å². The number of hydrogen-bond acceptors (Lipinski definition) is 5. The molecule has 3 aromatic carbocycles. The summed E-state index contributed by atoms with van der Waals surface area (Å²) in [6.45, 7) is 2.27. The second-order valence-electron chi connectivity index (χ2n) is 7.82. The average Bonchev–Trinajstić information content (AvgIpc) is 3.50. The summed E-state index contributed by atoms with van der Waals surface area (Å²) >= 11 is 12.9. The van der Waals surface area contributed by atoms with Crippen molar-refractivity contribution in [1.29, 1.82) is 0 Å². The van der Waals surface area contributed by atoms with Crippen LogP contribution in [0.2, 0.25) is 10.0 Å². The molecule has 0 aliphatic rings. The van der Waals surface area contributed by atoms with Crippen molar-refractivity contribution in [3.63, 3.8) is 0 Å². The molecule has 2 heterocycles. The van der Waals surface area contributed by atoms with Gasteiger partial charge in [0.15, 0.2) is 0 Å². The molecule has 5 rings (SSSR count). The van der Waals surface area contributed by atoms with Crippen LogP contribution < -0.4 is 5.32 Å². The maximum atomic E-state index is 13.1. The Bertz CT molecular complexity index is 1440. The molecule has 1 amide bonds. The summed E-state index contributed by atoms with van der Waals surface area (Å²) in [7, 11) is 0. The third-order valence-electron chi connectivity index (χ3n) is 5.53. The van der Waals surface area contributed by atoms with E-state index in [1.807, 2.05) is 60.1 Å². The molecule has 2 aromatic heterocycles. The van der Waals surface area contributed by atoms with Crippen LogP contribution >= 0.6 is 23.2 Å². The van der Waals surface area contributed by atoms with Gasteiger partial charge in [-0.3, -0.25) is 9.36 Å². The molecule has 0 saturated carbocycles. The lowest BCUT2D eigenvalue weighted by molar-refractivity contribution is 0.0949. The number of benzene rings is 3. The van der Waals surface area contributed by atoms with Gasteiger partial charge in [-0.25, -0.2) is 4.68 Å². The molecule has 5 aromatic rings. The van der Waals surface area contributed by atoms with Gasteiger partial charge in [-0.15, -0.1) is 15.3 Å². The van der Waals surface area contributed by atoms with Crippen molar-refractivity contribution >= 4 is 40.1 Å². The van der Waals surface area contributed by atoms with Gasteiger partial charge < -0.3 is 5.32 Å². The van der Waals surface area contributed by atoms with Crippen LogP contribution in [0.25, 0.3) is 16.7 Å². The van der Waals surface area contributed by atoms with Crippen LogP contribution in [0.1, 0.15) is 27.5 Å². The van der Waals surface area contributed by atoms with Crippen molar-refractivity contribution < 1.29 is 4.79 Å². The van der Waals surface area contributed by atoms with Gasteiger partial charge in [-0.2, -0.15) is 0 Å². The number of carbonyl (C=O) groups excluding carboxylic acids is 1. The summed E-state index contributed by atoms with van der Waals surface area (Å²) in [4.78, 5) is 13.1. The largest absolute Gasteiger partial charge is 0.349 e. The first-order valence-electron chi connectivity index (χ1n) is 10.5. The van der Waals surface area contributed by atoms with E-state index in [0.717, 1.165) is 22.2 Å². The van der Waals surface area contributed by atoms with E-state index in [-0.39, 0.29) is 34.1 Å². The molecule has 0 spiro atoms. The molecule has 0 bridgehead atoms. The molecule has 0 aliphatic carbocycles. The van der Waals surface area contributed by atoms with E-state index < -0.39 is 0 Å². The van der Waals surface area contributed by atoms with Gasteiger partial charge in [0.2, 0.25) is 0 Å². The number of halogens is 2. The van der Waals surface area contributed by atoms with E-state index in [4.69, 9.17) is 23.2 Å². The van der Waals surface area contributed by atoms with E-state index in [9.17, 15) is 4.79 Å². The predicted molar refractivity (Wildman–Crippen MR) is 131 cm³/mol. The summed E-state index contributed by atoms with van der Waals surface area (Å²) in [5.74, 6) is -0.383. The van der Waals surface area contributed by atoms with Crippen molar-refractivity contribution in [1.82, 2.24) is 35.1 Å². The number of nitrogens with zero attached hydrogens (tertiary/aromatic N) is 6. The summed E-state index contributed by atoms with van der Waals surface area (Å²) < 4.78 is 3.48.